The lowest BCUT2D eigenvalue weighted by Gasteiger charge is -2.17. The molecule has 4 nitrogen and oxygen atoms in total. The molecular formula is C14H17N3OS. The minimum Gasteiger partial charge on any atom is -0.399 e. The van der Waals surface area contributed by atoms with Crippen molar-refractivity contribution in [3.8, 4) is 0 Å². The molecule has 0 atom stereocenters. The van der Waals surface area contributed by atoms with Crippen molar-refractivity contribution in [3.05, 3.63) is 45.4 Å². The maximum atomic E-state index is 12.4. The highest BCUT2D eigenvalue weighted by molar-refractivity contribution is 7.09. The molecule has 0 radical (unpaired) electrons. The second kappa shape index (κ2) is 5.40. The minimum atomic E-state index is -0.0320. The number of rotatable bonds is 3. The third kappa shape index (κ3) is 3.12. The van der Waals surface area contributed by atoms with E-state index in [1.165, 1.54) is 0 Å². The molecule has 0 saturated carbocycles. The Hall–Kier alpha value is -1.88. The summed E-state index contributed by atoms with van der Waals surface area (Å²) in [5, 5.41) is 2.99. The number of anilines is 1. The molecule has 0 unspecified atom stereocenters. The predicted molar refractivity (Wildman–Crippen MR) is 78.2 cm³/mol. The minimum absolute atomic E-state index is 0.0320. The van der Waals surface area contributed by atoms with Gasteiger partial charge in [0.05, 0.1) is 17.2 Å². The van der Waals surface area contributed by atoms with Crippen LogP contribution in [0.25, 0.3) is 0 Å². The Morgan fingerprint density at radius 1 is 1.42 bits per heavy atom. The van der Waals surface area contributed by atoms with Crippen LogP contribution in [0.5, 0.6) is 0 Å². The predicted octanol–water partition coefficient (Wildman–Crippen LogP) is 2.61. The summed E-state index contributed by atoms with van der Waals surface area (Å²) >= 11 is 1.59. The summed E-state index contributed by atoms with van der Waals surface area (Å²) in [4.78, 5) is 18.4. The van der Waals surface area contributed by atoms with E-state index in [1.54, 1.807) is 35.4 Å². The van der Waals surface area contributed by atoms with Gasteiger partial charge < -0.3 is 10.6 Å². The van der Waals surface area contributed by atoms with Crippen molar-refractivity contribution in [3.63, 3.8) is 0 Å². The molecule has 1 amide bonds. The smallest absolute Gasteiger partial charge is 0.254 e. The van der Waals surface area contributed by atoms with Crippen molar-refractivity contribution >= 4 is 22.9 Å². The van der Waals surface area contributed by atoms with Gasteiger partial charge in [-0.25, -0.2) is 4.98 Å². The van der Waals surface area contributed by atoms with Gasteiger partial charge >= 0.3 is 0 Å². The number of benzene rings is 1. The molecule has 0 aliphatic heterocycles. The lowest BCUT2D eigenvalue weighted by atomic mass is 10.1. The Labute approximate surface area is 116 Å². The summed E-state index contributed by atoms with van der Waals surface area (Å²) in [6.07, 6.45) is 0. The topological polar surface area (TPSA) is 59.2 Å². The second-order valence-corrected chi connectivity index (χ2v) is 5.66. The number of aromatic nitrogens is 1. The molecule has 0 spiro atoms. The SMILES string of the molecule is Cc1nc(CN(C)C(=O)c2cc(N)ccc2C)cs1. The molecule has 0 aliphatic rings. The maximum absolute atomic E-state index is 12.4. The summed E-state index contributed by atoms with van der Waals surface area (Å²) in [5.74, 6) is -0.0320. The molecule has 0 bridgehead atoms. The first-order chi connectivity index (χ1) is 8.97. The number of carbonyl (C=O) groups is 1. The zero-order valence-corrected chi connectivity index (χ0v) is 12.1. The average Bonchev–Trinajstić information content (AvgIpc) is 2.77. The van der Waals surface area contributed by atoms with Crippen LogP contribution in [0.4, 0.5) is 5.69 Å². The first-order valence-corrected chi connectivity index (χ1v) is 6.88. The number of hydrogen-bond donors (Lipinski definition) is 1. The van der Waals surface area contributed by atoms with E-state index >= 15 is 0 Å². The number of carbonyl (C=O) groups excluding carboxylic acids is 1. The van der Waals surface area contributed by atoms with Crippen LogP contribution in [0, 0.1) is 13.8 Å². The molecule has 0 aliphatic carbocycles. The Kier molecular flexibility index (Phi) is 3.85. The van der Waals surface area contributed by atoms with Gasteiger partial charge in [-0.3, -0.25) is 4.79 Å². The average molecular weight is 275 g/mol. The van der Waals surface area contributed by atoms with E-state index in [0.717, 1.165) is 16.3 Å². The van der Waals surface area contributed by atoms with Gasteiger partial charge in [-0.2, -0.15) is 0 Å². The second-order valence-electron chi connectivity index (χ2n) is 4.59. The lowest BCUT2D eigenvalue weighted by molar-refractivity contribution is 0.0783. The summed E-state index contributed by atoms with van der Waals surface area (Å²) in [6.45, 7) is 4.38. The zero-order chi connectivity index (χ0) is 14.0. The summed E-state index contributed by atoms with van der Waals surface area (Å²) in [7, 11) is 1.78. The molecule has 1 heterocycles. The van der Waals surface area contributed by atoms with E-state index in [-0.39, 0.29) is 5.91 Å². The fourth-order valence-electron chi connectivity index (χ4n) is 1.87. The largest absolute Gasteiger partial charge is 0.399 e. The van der Waals surface area contributed by atoms with Gasteiger partial charge in [0.1, 0.15) is 0 Å². The van der Waals surface area contributed by atoms with Gasteiger partial charge in [0.2, 0.25) is 0 Å². The maximum Gasteiger partial charge on any atom is 0.254 e. The number of thiazole rings is 1. The quantitative estimate of drug-likeness (QED) is 0.876. The van der Waals surface area contributed by atoms with E-state index in [4.69, 9.17) is 5.73 Å². The van der Waals surface area contributed by atoms with Crippen LogP contribution in [0.3, 0.4) is 0 Å². The van der Waals surface area contributed by atoms with Gasteiger partial charge in [-0.05, 0) is 31.5 Å². The van der Waals surface area contributed by atoms with Crippen molar-refractivity contribution in [1.82, 2.24) is 9.88 Å². The Morgan fingerprint density at radius 2 is 2.16 bits per heavy atom. The molecule has 0 saturated heterocycles. The Morgan fingerprint density at radius 3 is 2.79 bits per heavy atom. The molecule has 2 N–H and O–H groups in total. The van der Waals surface area contributed by atoms with E-state index in [9.17, 15) is 4.79 Å². The normalized spacial score (nSPS) is 10.5. The molecule has 1 aromatic carbocycles. The number of aryl methyl sites for hydroxylation is 2. The third-order valence-electron chi connectivity index (χ3n) is 2.90. The molecule has 2 rings (SSSR count). The highest BCUT2D eigenvalue weighted by Gasteiger charge is 2.15. The van der Waals surface area contributed by atoms with E-state index in [2.05, 4.69) is 4.98 Å². The fourth-order valence-corrected chi connectivity index (χ4v) is 2.48. The van der Waals surface area contributed by atoms with E-state index < -0.39 is 0 Å². The Balaban J connectivity index is 2.16. The molecular weight excluding hydrogens is 258 g/mol. The van der Waals surface area contributed by atoms with Crippen LogP contribution in [-0.2, 0) is 6.54 Å². The van der Waals surface area contributed by atoms with E-state index in [0.29, 0.717) is 17.8 Å². The number of nitrogens with two attached hydrogens (primary N) is 1. The number of hydrogen-bond acceptors (Lipinski definition) is 4. The molecule has 19 heavy (non-hydrogen) atoms. The molecule has 5 heteroatoms. The van der Waals surface area contributed by atoms with Crippen molar-refractivity contribution in [1.29, 1.82) is 0 Å². The number of nitrogens with zero attached hydrogens (tertiary/aromatic N) is 2. The van der Waals surface area contributed by atoms with Gasteiger partial charge in [0, 0.05) is 23.7 Å². The van der Waals surface area contributed by atoms with Crippen LogP contribution >= 0.6 is 11.3 Å². The standard InChI is InChI=1S/C14H17N3OS/c1-9-4-5-11(15)6-13(9)14(18)17(3)7-12-8-19-10(2)16-12/h4-6,8H,7,15H2,1-3H3. The highest BCUT2D eigenvalue weighted by Crippen LogP contribution is 2.16. The van der Waals surface area contributed by atoms with Crippen molar-refractivity contribution in [2.75, 3.05) is 12.8 Å². The Bertz CT molecular complexity index is 606. The molecule has 0 fully saturated rings. The van der Waals surface area contributed by atoms with Gasteiger partial charge in [0.15, 0.2) is 0 Å². The highest BCUT2D eigenvalue weighted by atomic mass is 32.1. The number of nitrogen functional groups attached to an aromatic ring is 1. The van der Waals surface area contributed by atoms with Gasteiger partial charge in [0.25, 0.3) is 5.91 Å². The van der Waals surface area contributed by atoms with Crippen molar-refractivity contribution in [2.45, 2.75) is 20.4 Å². The van der Waals surface area contributed by atoms with Gasteiger partial charge in [-0.15, -0.1) is 11.3 Å². The monoisotopic (exact) mass is 275 g/mol. The van der Waals surface area contributed by atoms with Gasteiger partial charge in [-0.1, -0.05) is 6.07 Å². The van der Waals surface area contributed by atoms with Crippen LogP contribution in [0.2, 0.25) is 0 Å². The van der Waals surface area contributed by atoms with Crippen molar-refractivity contribution in [2.24, 2.45) is 0 Å². The third-order valence-corrected chi connectivity index (χ3v) is 3.73. The van der Waals surface area contributed by atoms with Crippen molar-refractivity contribution < 1.29 is 4.79 Å². The van der Waals surface area contributed by atoms with Crippen LogP contribution in [0.15, 0.2) is 23.6 Å². The number of amides is 1. The van der Waals surface area contributed by atoms with E-state index in [1.807, 2.05) is 25.3 Å². The molecule has 100 valence electrons. The van der Waals surface area contributed by atoms with Crippen LogP contribution < -0.4 is 5.73 Å². The molecule has 1 aromatic heterocycles. The van der Waals surface area contributed by atoms with Crippen LogP contribution in [0.1, 0.15) is 26.6 Å². The summed E-state index contributed by atoms with van der Waals surface area (Å²) < 4.78 is 0. The summed E-state index contributed by atoms with van der Waals surface area (Å²) in [5.41, 5.74) is 8.84. The lowest BCUT2D eigenvalue weighted by Crippen LogP contribution is -2.27. The fraction of sp³-hybridized carbons (Fsp3) is 0.286. The summed E-state index contributed by atoms with van der Waals surface area (Å²) in [6, 6.07) is 5.39. The first-order valence-electron chi connectivity index (χ1n) is 6.00. The zero-order valence-electron chi connectivity index (χ0n) is 11.3. The van der Waals surface area contributed by atoms with Crippen LogP contribution in [-0.4, -0.2) is 22.8 Å². The molecule has 2 aromatic rings. The first kappa shape index (κ1) is 13.5.